The first-order valence-electron chi connectivity index (χ1n) is 4.03. The summed E-state index contributed by atoms with van der Waals surface area (Å²) < 4.78 is 0. The molecule has 0 atom stereocenters. The Morgan fingerprint density at radius 1 is 1.33 bits per heavy atom. The number of hydrogen-bond donors (Lipinski definition) is 3. The fourth-order valence-electron chi connectivity index (χ4n) is 0.591. The lowest BCUT2D eigenvalue weighted by molar-refractivity contribution is 0.245. The molecular weight excluding hydrogens is 174 g/mol. The lowest BCUT2D eigenvalue weighted by Crippen LogP contribution is -2.44. The Morgan fingerprint density at radius 3 is 2.50 bits per heavy atom. The van der Waals surface area contributed by atoms with Crippen molar-refractivity contribution in [1.82, 2.24) is 16.0 Å². The fourth-order valence-corrected chi connectivity index (χ4v) is 0.828. The summed E-state index contributed by atoms with van der Waals surface area (Å²) in [5.41, 5.74) is 0. The van der Waals surface area contributed by atoms with Crippen molar-refractivity contribution in [3.05, 3.63) is 0 Å². The summed E-state index contributed by atoms with van der Waals surface area (Å²) >= 11 is 4.80. The van der Waals surface area contributed by atoms with Crippen molar-refractivity contribution >= 4 is 23.4 Å². The van der Waals surface area contributed by atoms with E-state index in [2.05, 4.69) is 16.0 Å². The normalized spacial score (nSPS) is 8.83. The third-order valence-corrected chi connectivity index (χ3v) is 1.35. The molecule has 12 heavy (non-hydrogen) atoms. The van der Waals surface area contributed by atoms with Gasteiger partial charge in [-0.2, -0.15) is 0 Å². The molecule has 0 saturated heterocycles. The van der Waals surface area contributed by atoms with Crippen LogP contribution in [0.2, 0.25) is 0 Å². The molecule has 0 aromatic carbocycles. The topological polar surface area (TPSA) is 53.2 Å². The Kier molecular flexibility index (Phi) is 6.37. The molecule has 0 aliphatic rings. The predicted octanol–water partition coefficient (Wildman–Crippen LogP) is 0.590. The molecule has 0 saturated carbocycles. The van der Waals surface area contributed by atoms with Crippen LogP contribution in [-0.4, -0.2) is 24.2 Å². The number of urea groups is 1. The zero-order valence-corrected chi connectivity index (χ0v) is 8.25. The van der Waals surface area contributed by atoms with Crippen LogP contribution in [0.15, 0.2) is 0 Å². The summed E-state index contributed by atoms with van der Waals surface area (Å²) in [6.45, 7) is 5.29. The second kappa shape index (κ2) is 6.84. The first-order chi connectivity index (χ1) is 5.70. The van der Waals surface area contributed by atoms with Crippen molar-refractivity contribution in [2.24, 2.45) is 0 Å². The van der Waals surface area contributed by atoms with Crippen LogP contribution in [0.1, 0.15) is 20.3 Å². The van der Waals surface area contributed by atoms with Gasteiger partial charge in [-0.15, -0.1) is 0 Å². The molecule has 0 bridgehead atoms. The molecule has 2 amide bonds. The van der Waals surface area contributed by atoms with Crippen molar-refractivity contribution in [3.63, 3.8) is 0 Å². The molecular formula is C7H15N3OS. The molecule has 0 unspecified atom stereocenters. The number of carbonyl (C=O) groups excluding carboxylic acids is 1. The minimum absolute atomic E-state index is 0.247. The van der Waals surface area contributed by atoms with E-state index in [9.17, 15) is 4.79 Å². The summed E-state index contributed by atoms with van der Waals surface area (Å²) in [5.74, 6) is 0. The van der Waals surface area contributed by atoms with E-state index < -0.39 is 0 Å². The number of carbonyl (C=O) groups is 1. The summed E-state index contributed by atoms with van der Waals surface area (Å²) in [7, 11) is 0. The second-order valence-electron chi connectivity index (χ2n) is 2.24. The lowest BCUT2D eigenvalue weighted by atomic mass is 10.5. The van der Waals surface area contributed by atoms with Gasteiger partial charge in [0.1, 0.15) is 0 Å². The molecule has 0 aromatic heterocycles. The van der Waals surface area contributed by atoms with E-state index in [-0.39, 0.29) is 6.03 Å². The van der Waals surface area contributed by atoms with Crippen LogP contribution >= 0.6 is 12.2 Å². The van der Waals surface area contributed by atoms with Gasteiger partial charge in [0.15, 0.2) is 5.11 Å². The minimum atomic E-state index is -0.247. The van der Waals surface area contributed by atoms with Gasteiger partial charge in [-0.3, -0.25) is 5.32 Å². The molecule has 3 N–H and O–H groups in total. The third kappa shape index (κ3) is 5.91. The summed E-state index contributed by atoms with van der Waals surface area (Å²) in [4.78, 5) is 10.9. The molecule has 0 heterocycles. The van der Waals surface area contributed by atoms with Gasteiger partial charge >= 0.3 is 6.03 Å². The maximum Gasteiger partial charge on any atom is 0.320 e. The highest BCUT2D eigenvalue weighted by atomic mass is 32.1. The fraction of sp³-hybridized carbons (Fsp3) is 0.714. The number of hydrogen-bond acceptors (Lipinski definition) is 2. The highest BCUT2D eigenvalue weighted by Crippen LogP contribution is 1.72. The van der Waals surface area contributed by atoms with E-state index in [0.717, 1.165) is 6.42 Å². The van der Waals surface area contributed by atoms with Crippen molar-refractivity contribution in [2.75, 3.05) is 13.1 Å². The van der Waals surface area contributed by atoms with Crippen LogP contribution in [0.25, 0.3) is 0 Å². The first-order valence-corrected chi connectivity index (χ1v) is 4.44. The van der Waals surface area contributed by atoms with Crippen molar-refractivity contribution in [2.45, 2.75) is 20.3 Å². The van der Waals surface area contributed by atoms with E-state index in [1.165, 1.54) is 0 Å². The second-order valence-corrected chi connectivity index (χ2v) is 2.65. The van der Waals surface area contributed by atoms with Crippen LogP contribution < -0.4 is 16.0 Å². The lowest BCUT2D eigenvalue weighted by Gasteiger charge is -2.07. The molecule has 4 nitrogen and oxygen atoms in total. The van der Waals surface area contributed by atoms with Gasteiger partial charge in [-0.25, -0.2) is 4.79 Å². The van der Waals surface area contributed by atoms with Crippen LogP contribution in [0.3, 0.4) is 0 Å². The molecule has 0 rings (SSSR count). The standard InChI is InChI=1S/C7H15N3OS/c1-3-5-9-6(11)10-7(12)8-4-2/h3-5H2,1-2H3,(H3,8,9,10,11,12). The van der Waals surface area contributed by atoms with Crippen LogP contribution in [0.5, 0.6) is 0 Å². The van der Waals surface area contributed by atoms with Gasteiger partial charge in [0.2, 0.25) is 0 Å². The number of nitrogens with one attached hydrogen (secondary N) is 3. The first kappa shape index (κ1) is 11.2. The molecule has 0 radical (unpaired) electrons. The van der Waals surface area contributed by atoms with E-state index in [1.54, 1.807) is 0 Å². The van der Waals surface area contributed by atoms with E-state index in [0.29, 0.717) is 18.2 Å². The quantitative estimate of drug-likeness (QED) is 0.570. The summed E-state index contributed by atoms with van der Waals surface area (Å²) in [6.07, 6.45) is 0.918. The Balaban J connectivity index is 3.47. The van der Waals surface area contributed by atoms with E-state index in [4.69, 9.17) is 12.2 Å². The van der Waals surface area contributed by atoms with Gasteiger partial charge in [-0.05, 0) is 25.6 Å². The van der Waals surface area contributed by atoms with Gasteiger partial charge in [0, 0.05) is 13.1 Å². The van der Waals surface area contributed by atoms with E-state index in [1.807, 2.05) is 13.8 Å². The van der Waals surface area contributed by atoms with Crippen molar-refractivity contribution in [1.29, 1.82) is 0 Å². The predicted molar refractivity (Wildman–Crippen MR) is 53.1 cm³/mol. The van der Waals surface area contributed by atoms with Crippen LogP contribution in [0, 0.1) is 0 Å². The molecule has 0 aliphatic heterocycles. The molecule has 0 spiro atoms. The Morgan fingerprint density at radius 2 is 2.00 bits per heavy atom. The van der Waals surface area contributed by atoms with Crippen molar-refractivity contribution in [3.8, 4) is 0 Å². The Labute approximate surface area is 78.1 Å². The molecule has 0 aromatic rings. The molecule has 70 valence electrons. The largest absolute Gasteiger partial charge is 0.363 e. The highest BCUT2D eigenvalue weighted by Gasteiger charge is 1.99. The van der Waals surface area contributed by atoms with Gasteiger partial charge in [-0.1, -0.05) is 6.92 Å². The summed E-state index contributed by atoms with van der Waals surface area (Å²) in [6, 6.07) is -0.247. The average molecular weight is 189 g/mol. The van der Waals surface area contributed by atoms with Gasteiger partial charge < -0.3 is 10.6 Å². The third-order valence-electron chi connectivity index (χ3n) is 1.10. The van der Waals surface area contributed by atoms with Crippen molar-refractivity contribution < 1.29 is 4.79 Å². The number of rotatable bonds is 3. The maximum atomic E-state index is 10.9. The molecule has 0 fully saturated rings. The Bertz CT molecular complexity index is 161. The number of thiocarbonyl (C=S) groups is 1. The van der Waals surface area contributed by atoms with Gasteiger partial charge in [0.05, 0.1) is 0 Å². The summed E-state index contributed by atoms with van der Waals surface area (Å²) in [5, 5.41) is 8.31. The minimum Gasteiger partial charge on any atom is -0.363 e. The molecule has 0 aliphatic carbocycles. The zero-order chi connectivity index (χ0) is 9.40. The van der Waals surface area contributed by atoms with Gasteiger partial charge in [0.25, 0.3) is 0 Å². The Hall–Kier alpha value is -0.840. The number of amides is 2. The maximum absolute atomic E-state index is 10.9. The highest BCUT2D eigenvalue weighted by molar-refractivity contribution is 7.80. The SMILES string of the molecule is CCCNC(=O)NC(=S)NCC. The van der Waals surface area contributed by atoms with Crippen LogP contribution in [-0.2, 0) is 0 Å². The molecule has 5 heteroatoms. The van der Waals surface area contributed by atoms with E-state index >= 15 is 0 Å². The monoisotopic (exact) mass is 189 g/mol. The van der Waals surface area contributed by atoms with Crippen LogP contribution in [0.4, 0.5) is 4.79 Å². The zero-order valence-electron chi connectivity index (χ0n) is 7.44. The smallest absolute Gasteiger partial charge is 0.320 e. The average Bonchev–Trinajstić information content (AvgIpc) is 2.01.